The molecule has 0 spiro atoms. The molecule has 0 atom stereocenters. The van der Waals surface area contributed by atoms with Crippen molar-refractivity contribution in [1.29, 1.82) is 0 Å². The van der Waals surface area contributed by atoms with Crippen LogP contribution in [0.5, 0.6) is 17.4 Å². The minimum absolute atomic E-state index is 0.0842. The van der Waals surface area contributed by atoms with Crippen molar-refractivity contribution in [3.63, 3.8) is 0 Å². The average molecular weight is 412 g/mol. The van der Waals surface area contributed by atoms with Crippen LogP contribution in [0.25, 0.3) is 0 Å². The predicted octanol–water partition coefficient (Wildman–Crippen LogP) is 1.99. The molecule has 10 heteroatoms. The summed E-state index contributed by atoms with van der Waals surface area (Å²) < 4.78 is 43.7. The van der Waals surface area contributed by atoms with E-state index in [1.165, 1.54) is 22.8 Å². The fraction of sp³-hybridized carbons (Fsp3) is 0.412. The van der Waals surface area contributed by atoms with Crippen molar-refractivity contribution in [3.8, 4) is 17.4 Å². The zero-order chi connectivity index (χ0) is 18.9. The van der Waals surface area contributed by atoms with Gasteiger partial charge < -0.3 is 14.2 Å². The first-order chi connectivity index (χ1) is 13.0. The summed E-state index contributed by atoms with van der Waals surface area (Å²) >= 11 is 5.76. The average Bonchev–Trinajstić information content (AvgIpc) is 2.85. The van der Waals surface area contributed by atoms with E-state index in [-0.39, 0.29) is 16.0 Å². The van der Waals surface area contributed by atoms with Crippen molar-refractivity contribution in [3.05, 3.63) is 35.7 Å². The molecule has 0 aliphatic carbocycles. The van der Waals surface area contributed by atoms with Gasteiger partial charge in [-0.3, -0.25) is 4.98 Å². The zero-order valence-electron chi connectivity index (χ0n) is 14.4. The van der Waals surface area contributed by atoms with Gasteiger partial charge in [-0.05, 0) is 12.1 Å². The van der Waals surface area contributed by atoms with E-state index in [9.17, 15) is 8.42 Å². The Kier molecular flexibility index (Phi) is 5.07. The molecule has 1 saturated heterocycles. The van der Waals surface area contributed by atoms with Crippen LogP contribution in [0.4, 0.5) is 0 Å². The molecule has 3 heterocycles. The Morgan fingerprint density at radius 2 is 1.96 bits per heavy atom. The summed E-state index contributed by atoms with van der Waals surface area (Å²) in [5, 5.41) is 0.250. The van der Waals surface area contributed by atoms with Gasteiger partial charge in [0.1, 0.15) is 0 Å². The Balaban J connectivity index is 1.37. The fourth-order valence-electron chi connectivity index (χ4n) is 2.88. The number of rotatable bonds is 5. The summed E-state index contributed by atoms with van der Waals surface area (Å²) in [4.78, 5) is 8.09. The predicted molar refractivity (Wildman–Crippen MR) is 96.8 cm³/mol. The molecule has 0 radical (unpaired) electrons. The number of sulfonamides is 1. The van der Waals surface area contributed by atoms with Crippen molar-refractivity contribution in [2.24, 2.45) is 5.92 Å². The summed E-state index contributed by atoms with van der Waals surface area (Å²) in [6, 6.07) is 4.72. The minimum Gasteiger partial charge on any atom is -0.490 e. The highest BCUT2D eigenvalue weighted by Crippen LogP contribution is 2.34. The highest BCUT2D eigenvalue weighted by molar-refractivity contribution is 7.89. The molecule has 2 aromatic rings. The third-order valence-corrected chi connectivity index (χ3v) is 6.34. The number of ether oxygens (including phenoxy) is 3. The van der Waals surface area contributed by atoms with E-state index in [1.54, 1.807) is 12.1 Å². The van der Waals surface area contributed by atoms with Crippen LogP contribution < -0.4 is 14.2 Å². The third kappa shape index (κ3) is 3.95. The Labute approximate surface area is 162 Å². The third-order valence-electron chi connectivity index (χ3n) is 4.33. The van der Waals surface area contributed by atoms with E-state index in [0.717, 1.165) is 6.42 Å². The minimum atomic E-state index is -3.58. The largest absolute Gasteiger partial charge is 0.490 e. The van der Waals surface area contributed by atoms with E-state index in [2.05, 4.69) is 9.97 Å². The Morgan fingerprint density at radius 3 is 2.74 bits per heavy atom. The maximum atomic E-state index is 12.8. The number of halogens is 1. The normalized spacial score (nSPS) is 17.8. The molecule has 0 saturated carbocycles. The summed E-state index contributed by atoms with van der Waals surface area (Å²) in [6.45, 7) is 2.17. The molecule has 27 heavy (non-hydrogen) atoms. The van der Waals surface area contributed by atoms with Gasteiger partial charge in [-0.15, -0.1) is 0 Å². The van der Waals surface area contributed by atoms with Crippen LogP contribution in [0.1, 0.15) is 6.42 Å². The maximum absolute atomic E-state index is 12.8. The number of benzene rings is 1. The molecular formula is C17H18ClN3O5S. The molecule has 4 rings (SSSR count). The first kappa shape index (κ1) is 18.3. The number of hydrogen-bond acceptors (Lipinski definition) is 7. The van der Waals surface area contributed by atoms with Crippen LogP contribution in [0.15, 0.2) is 35.5 Å². The number of aromatic nitrogens is 2. The highest BCUT2D eigenvalue weighted by Gasteiger charge is 2.37. The molecule has 0 N–H and O–H groups in total. The molecule has 144 valence electrons. The molecule has 2 aliphatic heterocycles. The van der Waals surface area contributed by atoms with Gasteiger partial charge in [-0.25, -0.2) is 8.42 Å². The first-order valence-corrected chi connectivity index (χ1v) is 10.3. The Morgan fingerprint density at radius 1 is 1.19 bits per heavy atom. The molecule has 1 fully saturated rings. The van der Waals surface area contributed by atoms with Gasteiger partial charge in [0.05, 0.1) is 37.1 Å². The lowest BCUT2D eigenvalue weighted by molar-refractivity contribution is 0.126. The van der Waals surface area contributed by atoms with Crippen LogP contribution in [-0.2, 0) is 10.0 Å². The lowest BCUT2D eigenvalue weighted by Gasteiger charge is -2.37. The van der Waals surface area contributed by atoms with Gasteiger partial charge in [-0.1, -0.05) is 11.6 Å². The second-order valence-electron chi connectivity index (χ2n) is 6.34. The van der Waals surface area contributed by atoms with E-state index in [4.69, 9.17) is 25.8 Å². The van der Waals surface area contributed by atoms with Crippen LogP contribution in [0.2, 0.25) is 5.15 Å². The van der Waals surface area contributed by atoms with E-state index in [0.29, 0.717) is 50.3 Å². The topological polar surface area (TPSA) is 90.9 Å². The van der Waals surface area contributed by atoms with Crippen molar-refractivity contribution in [1.82, 2.24) is 14.3 Å². The number of fused-ring (bicyclic) bond motifs is 1. The van der Waals surface area contributed by atoms with Crippen molar-refractivity contribution in [2.75, 3.05) is 32.9 Å². The number of hydrogen-bond donors (Lipinski definition) is 0. The molecule has 1 aromatic heterocycles. The van der Waals surface area contributed by atoms with Crippen LogP contribution in [0.3, 0.4) is 0 Å². The molecule has 2 aliphatic rings. The number of nitrogens with zero attached hydrogens (tertiary/aromatic N) is 3. The zero-order valence-corrected chi connectivity index (χ0v) is 15.9. The van der Waals surface area contributed by atoms with Gasteiger partial charge in [0.2, 0.25) is 15.9 Å². The van der Waals surface area contributed by atoms with Gasteiger partial charge >= 0.3 is 0 Å². The van der Waals surface area contributed by atoms with E-state index in [1.807, 2.05) is 0 Å². The summed E-state index contributed by atoms with van der Waals surface area (Å²) in [7, 11) is -3.58. The molecule has 0 amide bonds. The first-order valence-electron chi connectivity index (χ1n) is 8.52. The van der Waals surface area contributed by atoms with Gasteiger partial charge in [0.25, 0.3) is 0 Å². The quantitative estimate of drug-likeness (QED) is 0.743. The summed E-state index contributed by atoms with van der Waals surface area (Å²) in [5.74, 6) is 1.45. The molecular weight excluding hydrogens is 394 g/mol. The second-order valence-corrected chi connectivity index (χ2v) is 8.66. The van der Waals surface area contributed by atoms with Crippen molar-refractivity contribution in [2.45, 2.75) is 11.3 Å². The Bertz CT molecular complexity index is 934. The maximum Gasteiger partial charge on any atom is 0.243 e. The SMILES string of the molecule is O=S(=O)(c1ccc2c(c1)OCCCO2)N1CC(COc2cncc(Cl)n2)C1. The van der Waals surface area contributed by atoms with Crippen LogP contribution in [0, 0.1) is 5.92 Å². The van der Waals surface area contributed by atoms with Gasteiger partial charge in [-0.2, -0.15) is 9.29 Å². The highest BCUT2D eigenvalue weighted by atomic mass is 35.5. The lowest BCUT2D eigenvalue weighted by Crippen LogP contribution is -2.51. The Hall–Kier alpha value is -2.10. The fourth-order valence-corrected chi connectivity index (χ4v) is 4.62. The van der Waals surface area contributed by atoms with E-state index >= 15 is 0 Å². The lowest BCUT2D eigenvalue weighted by atomic mass is 10.1. The van der Waals surface area contributed by atoms with Crippen LogP contribution >= 0.6 is 11.6 Å². The molecule has 0 unspecified atom stereocenters. The molecule has 0 bridgehead atoms. The van der Waals surface area contributed by atoms with Gasteiger partial charge in [0, 0.05) is 31.5 Å². The summed E-state index contributed by atoms with van der Waals surface area (Å²) in [5.41, 5.74) is 0. The monoisotopic (exact) mass is 411 g/mol. The second kappa shape index (κ2) is 7.49. The molecule has 1 aromatic carbocycles. The van der Waals surface area contributed by atoms with Crippen molar-refractivity contribution >= 4 is 21.6 Å². The smallest absolute Gasteiger partial charge is 0.243 e. The van der Waals surface area contributed by atoms with Gasteiger partial charge in [0.15, 0.2) is 16.7 Å². The summed E-state index contributed by atoms with van der Waals surface area (Å²) in [6.07, 6.45) is 3.65. The molecule has 8 nitrogen and oxygen atoms in total. The van der Waals surface area contributed by atoms with Crippen LogP contribution in [-0.4, -0.2) is 55.6 Å². The standard InChI is InChI=1S/C17H18ClN3O5S/c18-16-7-19-8-17(20-16)26-11-12-9-21(10-12)27(22,23)13-2-3-14-15(6-13)25-5-1-4-24-14/h2-3,6-8,12H,1,4-5,9-11H2. The van der Waals surface area contributed by atoms with Crippen molar-refractivity contribution < 1.29 is 22.6 Å². The van der Waals surface area contributed by atoms with E-state index < -0.39 is 10.0 Å².